The molecule has 1 heterocycles. The molecule has 1 fully saturated rings. The third-order valence-electron chi connectivity index (χ3n) is 4.12. The molecule has 1 atom stereocenters. The van der Waals surface area contributed by atoms with E-state index < -0.39 is 12.6 Å². The van der Waals surface area contributed by atoms with Crippen molar-refractivity contribution in [3.8, 4) is 5.75 Å². The van der Waals surface area contributed by atoms with Crippen LogP contribution in [0.1, 0.15) is 24.9 Å². The van der Waals surface area contributed by atoms with Gasteiger partial charge in [-0.2, -0.15) is 13.2 Å². The number of alkyl halides is 3. The van der Waals surface area contributed by atoms with Crippen LogP contribution < -0.4 is 4.74 Å². The molecule has 1 saturated heterocycles. The first-order valence-electron chi connectivity index (χ1n) is 7.50. The van der Waals surface area contributed by atoms with E-state index in [0.717, 1.165) is 5.56 Å². The Morgan fingerprint density at radius 2 is 1.91 bits per heavy atom. The number of amides is 1. The minimum Gasteiger partial charge on any atom is -0.497 e. The molecule has 0 aromatic heterocycles. The molecule has 1 aliphatic heterocycles. The van der Waals surface area contributed by atoms with Gasteiger partial charge in [-0.25, -0.2) is 0 Å². The van der Waals surface area contributed by atoms with E-state index in [1.54, 1.807) is 29.0 Å². The van der Waals surface area contributed by atoms with Crippen LogP contribution in [0.15, 0.2) is 24.3 Å². The number of benzene rings is 1. The number of methoxy groups -OCH3 is 1. The number of nitrogens with zero attached hydrogens (tertiary/aromatic N) is 2. The van der Waals surface area contributed by atoms with Crippen molar-refractivity contribution in [3.63, 3.8) is 0 Å². The van der Waals surface area contributed by atoms with E-state index in [9.17, 15) is 18.0 Å². The molecule has 0 radical (unpaired) electrons. The molecule has 1 unspecified atom stereocenters. The number of halogens is 3. The van der Waals surface area contributed by atoms with Gasteiger partial charge in [0.05, 0.1) is 19.6 Å². The van der Waals surface area contributed by atoms with Gasteiger partial charge < -0.3 is 9.64 Å². The molecule has 128 valence electrons. The van der Waals surface area contributed by atoms with Gasteiger partial charge in [0.15, 0.2) is 0 Å². The van der Waals surface area contributed by atoms with Crippen molar-refractivity contribution >= 4 is 5.91 Å². The maximum absolute atomic E-state index is 12.5. The molecule has 2 rings (SSSR count). The lowest BCUT2D eigenvalue weighted by molar-refractivity contribution is -0.143. The number of carbonyl (C=O) groups excluding carboxylic acids is 1. The maximum Gasteiger partial charge on any atom is 0.390 e. The van der Waals surface area contributed by atoms with Crippen molar-refractivity contribution < 1.29 is 22.7 Å². The third-order valence-corrected chi connectivity index (χ3v) is 4.12. The molecule has 0 bridgehead atoms. The Labute approximate surface area is 133 Å². The van der Waals surface area contributed by atoms with Crippen molar-refractivity contribution in [2.75, 3.05) is 33.3 Å². The van der Waals surface area contributed by atoms with Gasteiger partial charge in [0.25, 0.3) is 0 Å². The zero-order chi connectivity index (χ0) is 17.0. The average molecular weight is 330 g/mol. The van der Waals surface area contributed by atoms with Gasteiger partial charge in [0.1, 0.15) is 5.75 Å². The number of rotatable bonds is 4. The lowest BCUT2D eigenvalue weighted by Gasteiger charge is -2.41. The van der Waals surface area contributed by atoms with Crippen LogP contribution in [0, 0.1) is 0 Å². The molecule has 23 heavy (non-hydrogen) atoms. The van der Waals surface area contributed by atoms with Crippen LogP contribution in [0.4, 0.5) is 13.2 Å². The Kier molecular flexibility index (Phi) is 5.51. The summed E-state index contributed by atoms with van der Waals surface area (Å²) in [6.45, 7) is 2.72. The Morgan fingerprint density at radius 1 is 1.26 bits per heavy atom. The van der Waals surface area contributed by atoms with E-state index in [-0.39, 0.29) is 18.5 Å². The molecule has 4 nitrogen and oxygen atoms in total. The second kappa shape index (κ2) is 7.21. The zero-order valence-electron chi connectivity index (χ0n) is 13.3. The van der Waals surface area contributed by atoms with Crippen LogP contribution in [0.3, 0.4) is 0 Å². The summed E-state index contributed by atoms with van der Waals surface area (Å²) in [5.74, 6) is 0.633. The average Bonchev–Trinajstić information content (AvgIpc) is 2.52. The quantitative estimate of drug-likeness (QED) is 0.851. The monoisotopic (exact) mass is 330 g/mol. The van der Waals surface area contributed by atoms with Crippen LogP contribution in [0.25, 0.3) is 0 Å². The number of carbonyl (C=O) groups is 1. The summed E-state index contributed by atoms with van der Waals surface area (Å²) >= 11 is 0. The normalized spacial score (nSPS) is 19.7. The minimum absolute atomic E-state index is 0.0565. The largest absolute Gasteiger partial charge is 0.497 e. The van der Waals surface area contributed by atoms with Crippen molar-refractivity contribution in [1.29, 1.82) is 0 Å². The van der Waals surface area contributed by atoms with E-state index in [4.69, 9.17) is 4.74 Å². The van der Waals surface area contributed by atoms with E-state index >= 15 is 0 Å². The van der Waals surface area contributed by atoms with Crippen LogP contribution in [-0.2, 0) is 4.79 Å². The first kappa shape index (κ1) is 17.6. The molecule has 1 aliphatic rings. The predicted molar refractivity (Wildman–Crippen MR) is 80.2 cm³/mol. The molecule has 0 N–H and O–H groups in total. The minimum atomic E-state index is -4.18. The first-order chi connectivity index (χ1) is 10.8. The number of hydrogen-bond acceptors (Lipinski definition) is 3. The fraction of sp³-hybridized carbons (Fsp3) is 0.562. The number of piperazine rings is 1. The molecule has 7 heteroatoms. The first-order valence-corrected chi connectivity index (χ1v) is 7.50. The fourth-order valence-corrected chi connectivity index (χ4v) is 2.79. The summed E-state index contributed by atoms with van der Waals surface area (Å²) in [5.41, 5.74) is 0.888. The Bertz CT molecular complexity index is 531. The van der Waals surface area contributed by atoms with Crippen molar-refractivity contribution in [3.05, 3.63) is 29.8 Å². The molecule has 0 saturated carbocycles. The van der Waals surface area contributed by atoms with Gasteiger partial charge in [-0.05, 0) is 17.7 Å². The molecule has 0 aliphatic carbocycles. The number of ether oxygens (including phenoxy) is 1. The molecule has 1 aromatic carbocycles. The van der Waals surface area contributed by atoms with Gasteiger partial charge in [-0.3, -0.25) is 9.69 Å². The summed E-state index contributed by atoms with van der Waals surface area (Å²) in [7, 11) is 1.56. The van der Waals surface area contributed by atoms with Gasteiger partial charge >= 0.3 is 6.18 Å². The summed E-state index contributed by atoms with van der Waals surface area (Å²) < 4.78 is 42.7. The summed E-state index contributed by atoms with van der Waals surface area (Å²) in [6.07, 6.45) is -5.03. The van der Waals surface area contributed by atoms with Crippen molar-refractivity contribution in [2.45, 2.75) is 25.6 Å². The highest BCUT2D eigenvalue weighted by atomic mass is 19.4. The number of hydrogen-bond donors (Lipinski definition) is 0. The highest BCUT2D eigenvalue weighted by Crippen LogP contribution is 2.29. The van der Waals surface area contributed by atoms with Gasteiger partial charge in [0, 0.05) is 33.1 Å². The second-order valence-corrected chi connectivity index (χ2v) is 5.66. The Morgan fingerprint density at radius 3 is 2.43 bits per heavy atom. The topological polar surface area (TPSA) is 32.8 Å². The van der Waals surface area contributed by atoms with Gasteiger partial charge in [-0.15, -0.1) is 0 Å². The maximum atomic E-state index is 12.5. The van der Waals surface area contributed by atoms with Gasteiger partial charge in [-0.1, -0.05) is 12.1 Å². The molecular formula is C16H21F3N2O2. The standard InChI is InChI=1S/C16H21F3N2O2/c1-12(22)21-10-9-20(8-7-16(17,18)19)15(11-21)13-3-5-14(23-2)6-4-13/h3-6,15H,7-11H2,1-2H3. The van der Waals surface area contributed by atoms with E-state index in [1.165, 1.54) is 6.92 Å². The highest BCUT2D eigenvalue weighted by molar-refractivity contribution is 5.73. The van der Waals surface area contributed by atoms with Crippen LogP contribution in [0.5, 0.6) is 5.75 Å². The summed E-state index contributed by atoms with van der Waals surface area (Å²) in [6, 6.07) is 7.01. The molecular weight excluding hydrogens is 309 g/mol. The molecule has 1 amide bonds. The lowest BCUT2D eigenvalue weighted by atomic mass is 10.0. The SMILES string of the molecule is COc1ccc(C2CN(C(C)=O)CCN2CCC(F)(F)F)cc1. The van der Waals surface area contributed by atoms with Gasteiger partial charge in [0.2, 0.25) is 5.91 Å². The van der Waals surface area contributed by atoms with Crippen molar-refractivity contribution in [1.82, 2.24) is 9.80 Å². The predicted octanol–water partition coefficient (Wildman–Crippen LogP) is 2.85. The van der Waals surface area contributed by atoms with Crippen LogP contribution in [0.2, 0.25) is 0 Å². The smallest absolute Gasteiger partial charge is 0.390 e. The Hall–Kier alpha value is -1.76. The lowest BCUT2D eigenvalue weighted by Crippen LogP contribution is -2.50. The van der Waals surface area contributed by atoms with Crippen molar-refractivity contribution in [2.24, 2.45) is 0 Å². The second-order valence-electron chi connectivity index (χ2n) is 5.66. The summed E-state index contributed by atoms with van der Waals surface area (Å²) in [5, 5.41) is 0. The van der Waals surface area contributed by atoms with E-state index in [1.807, 2.05) is 12.1 Å². The third kappa shape index (κ3) is 4.86. The highest BCUT2D eigenvalue weighted by Gasteiger charge is 2.33. The molecule has 1 aromatic rings. The zero-order valence-corrected chi connectivity index (χ0v) is 13.3. The molecule has 0 spiro atoms. The fourth-order valence-electron chi connectivity index (χ4n) is 2.79. The van der Waals surface area contributed by atoms with E-state index in [2.05, 4.69) is 0 Å². The summed E-state index contributed by atoms with van der Waals surface area (Å²) in [4.78, 5) is 15.1. The Balaban J connectivity index is 2.16. The van der Waals surface area contributed by atoms with E-state index in [0.29, 0.717) is 25.4 Å². The van der Waals surface area contributed by atoms with Crippen LogP contribution >= 0.6 is 0 Å². The van der Waals surface area contributed by atoms with Crippen LogP contribution in [-0.4, -0.2) is 55.2 Å².